The number of benzene rings is 1. The monoisotopic (exact) mass is 317 g/mol. The minimum Gasteiger partial charge on any atom is -0.493 e. The van der Waals surface area contributed by atoms with Crippen LogP contribution >= 0.6 is 0 Å². The lowest BCUT2D eigenvalue weighted by atomic mass is 10.1. The number of hydrogen-bond donors (Lipinski definition) is 1. The molecule has 1 aromatic carbocycles. The summed E-state index contributed by atoms with van der Waals surface area (Å²) in [6.07, 6.45) is 2.17. The van der Waals surface area contributed by atoms with Crippen molar-refractivity contribution in [3.8, 4) is 11.5 Å². The molecule has 0 radical (unpaired) electrons. The highest BCUT2D eigenvalue weighted by Crippen LogP contribution is 2.30. The first kappa shape index (κ1) is 17.4. The van der Waals surface area contributed by atoms with E-state index in [1.807, 2.05) is 31.2 Å². The number of hydrogen-bond acceptors (Lipinski definition) is 4. The van der Waals surface area contributed by atoms with E-state index < -0.39 is 0 Å². The lowest BCUT2D eigenvalue weighted by Crippen LogP contribution is -2.17. The molecule has 2 rings (SSSR count). The fourth-order valence-electron chi connectivity index (χ4n) is 2.35. The molecule has 0 saturated carbocycles. The van der Waals surface area contributed by atoms with E-state index in [9.17, 15) is 0 Å². The fraction of sp³-hybridized carbons (Fsp3) is 0.474. The molecule has 0 aliphatic rings. The van der Waals surface area contributed by atoms with E-state index in [0.717, 1.165) is 48.0 Å². The van der Waals surface area contributed by atoms with Gasteiger partial charge in [0.25, 0.3) is 0 Å². The van der Waals surface area contributed by atoms with Gasteiger partial charge in [0, 0.05) is 6.04 Å². The standard InChI is InChI=1S/C19H27NO3/c1-5-6-11-22-18-10-8-16(12-19(18)21-4)15(3)20-13-17-9-7-14(2)23-17/h7-10,12,15,20H,5-6,11,13H2,1-4H3. The molecular weight excluding hydrogens is 290 g/mol. The van der Waals surface area contributed by atoms with Gasteiger partial charge in [-0.25, -0.2) is 0 Å². The Morgan fingerprint density at radius 3 is 2.65 bits per heavy atom. The Bertz CT molecular complexity index is 606. The largest absolute Gasteiger partial charge is 0.493 e. The highest BCUT2D eigenvalue weighted by Gasteiger charge is 2.11. The predicted octanol–water partition coefficient (Wildman–Crippen LogP) is 4.63. The molecule has 0 saturated heterocycles. The summed E-state index contributed by atoms with van der Waals surface area (Å²) in [6, 6.07) is 10.3. The second-order valence-electron chi connectivity index (χ2n) is 5.73. The smallest absolute Gasteiger partial charge is 0.161 e. The third-order valence-electron chi connectivity index (χ3n) is 3.82. The van der Waals surface area contributed by atoms with Gasteiger partial charge < -0.3 is 19.2 Å². The van der Waals surface area contributed by atoms with Crippen LogP contribution in [-0.4, -0.2) is 13.7 Å². The molecule has 0 aliphatic heterocycles. The van der Waals surface area contributed by atoms with E-state index >= 15 is 0 Å². The van der Waals surface area contributed by atoms with E-state index in [1.165, 1.54) is 0 Å². The summed E-state index contributed by atoms with van der Waals surface area (Å²) in [5, 5.41) is 3.46. The molecule has 1 heterocycles. The van der Waals surface area contributed by atoms with Crippen LogP contribution in [0.5, 0.6) is 11.5 Å². The summed E-state index contributed by atoms with van der Waals surface area (Å²) in [7, 11) is 1.68. The van der Waals surface area contributed by atoms with Crippen LogP contribution in [0.1, 0.15) is 49.8 Å². The van der Waals surface area contributed by atoms with Crippen LogP contribution in [0.15, 0.2) is 34.7 Å². The fourth-order valence-corrected chi connectivity index (χ4v) is 2.35. The molecule has 1 aromatic heterocycles. The number of methoxy groups -OCH3 is 1. The predicted molar refractivity (Wildman–Crippen MR) is 92.1 cm³/mol. The van der Waals surface area contributed by atoms with Crippen LogP contribution in [0.3, 0.4) is 0 Å². The second-order valence-corrected chi connectivity index (χ2v) is 5.73. The summed E-state index contributed by atoms with van der Waals surface area (Å²) < 4.78 is 16.8. The molecule has 23 heavy (non-hydrogen) atoms. The zero-order valence-corrected chi connectivity index (χ0v) is 14.5. The molecular formula is C19H27NO3. The molecule has 2 aromatic rings. The maximum Gasteiger partial charge on any atom is 0.161 e. The molecule has 1 unspecified atom stereocenters. The molecule has 4 heteroatoms. The molecule has 1 N–H and O–H groups in total. The van der Waals surface area contributed by atoms with Crippen LogP contribution in [0.25, 0.3) is 0 Å². The Kier molecular flexibility index (Phi) is 6.53. The van der Waals surface area contributed by atoms with Crippen LogP contribution in [0.4, 0.5) is 0 Å². The van der Waals surface area contributed by atoms with Crippen LogP contribution in [0, 0.1) is 6.92 Å². The van der Waals surface area contributed by atoms with E-state index in [0.29, 0.717) is 6.54 Å². The van der Waals surface area contributed by atoms with Crippen molar-refractivity contribution < 1.29 is 13.9 Å². The van der Waals surface area contributed by atoms with Gasteiger partial charge in [0.2, 0.25) is 0 Å². The highest BCUT2D eigenvalue weighted by atomic mass is 16.5. The highest BCUT2D eigenvalue weighted by molar-refractivity contribution is 5.43. The Labute approximate surface area is 138 Å². The van der Waals surface area contributed by atoms with E-state index in [4.69, 9.17) is 13.9 Å². The van der Waals surface area contributed by atoms with E-state index in [2.05, 4.69) is 25.2 Å². The van der Waals surface area contributed by atoms with Gasteiger partial charge in [-0.15, -0.1) is 0 Å². The third kappa shape index (κ3) is 5.03. The number of rotatable bonds is 9. The Morgan fingerprint density at radius 2 is 2.00 bits per heavy atom. The number of nitrogens with one attached hydrogen (secondary N) is 1. The maximum atomic E-state index is 5.77. The van der Waals surface area contributed by atoms with Gasteiger partial charge in [-0.05, 0) is 50.1 Å². The first-order valence-electron chi connectivity index (χ1n) is 8.23. The van der Waals surface area contributed by atoms with Crippen LogP contribution in [-0.2, 0) is 6.54 Å². The second kappa shape index (κ2) is 8.63. The molecule has 0 bridgehead atoms. The summed E-state index contributed by atoms with van der Waals surface area (Å²) in [5.74, 6) is 3.46. The summed E-state index contributed by atoms with van der Waals surface area (Å²) in [5.41, 5.74) is 1.16. The molecule has 126 valence electrons. The quantitative estimate of drug-likeness (QED) is 0.685. The molecule has 0 fully saturated rings. The maximum absolute atomic E-state index is 5.77. The Hall–Kier alpha value is -1.94. The topological polar surface area (TPSA) is 43.6 Å². The molecule has 0 amide bonds. The van der Waals surface area contributed by atoms with E-state index in [-0.39, 0.29) is 6.04 Å². The van der Waals surface area contributed by atoms with Crippen molar-refractivity contribution in [2.45, 2.75) is 46.2 Å². The first-order chi connectivity index (χ1) is 11.1. The summed E-state index contributed by atoms with van der Waals surface area (Å²) in [6.45, 7) is 7.65. The lowest BCUT2D eigenvalue weighted by molar-refractivity contribution is 0.288. The van der Waals surface area contributed by atoms with Gasteiger partial charge in [-0.2, -0.15) is 0 Å². The average Bonchev–Trinajstić information content (AvgIpc) is 2.98. The van der Waals surface area contributed by atoms with Gasteiger partial charge in [0.15, 0.2) is 11.5 Å². The molecule has 0 aliphatic carbocycles. The van der Waals surface area contributed by atoms with Crippen molar-refractivity contribution in [1.29, 1.82) is 0 Å². The van der Waals surface area contributed by atoms with Gasteiger partial charge in [-0.1, -0.05) is 19.4 Å². The van der Waals surface area contributed by atoms with Gasteiger partial charge in [-0.3, -0.25) is 0 Å². The van der Waals surface area contributed by atoms with Crippen molar-refractivity contribution in [2.75, 3.05) is 13.7 Å². The molecule has 4 nitrogen and oxygen atoms in total. The zero-order valence-electron chi connectivity index (χ0n) is 14.5. The van der Waals surface area contributed by atoms with Crippen molar-refractivity contribution in [3.05, 3.63) is 47.4 Å². The Balaban J connectivity index is 1.97. The minimum absolute atomic E-state index is 0.194. The van der Waals surface area contributed by atoms with Crippen molar-refractivity contribution in [3.63, 3.8) is 0 Å². The first-order valence-corrected chi connectivity index (χ1v) is 8.23. The van der Waals surface area contributed by atoms with Crippen LogP contribution < -0.4 is 14.8 Å². The molecule has 1 atom stereocenters. The summed E-state index contributed by atoms with van der Waals surface area (Å²) >= 11 is 0. The molecule has 0 spiro atoms. The lowest BCUT2D eigenvalue weighted by Gasteiger charge is -2.16. The average molecular weight is 317 g/mol. The van der Waals surface area contributed by atoms with Gasteiger partial charge >= 0.3 is 0 Å². The minimum atomic E-state index is 0.194. The zero-order chi connectivity index (χ0) is 16.7. The van der Waals surface area contributed by atoms with Gasteiger partial charge in [0.1, 0.15) is 11.5 Å². The number of aryl methyl sites for hydroxylation is 1. The third-order valence-corrected chi connectivity index (χ3v) is 3.82. The van der Waals surface area contributed by atoms with Crippen molar-refractivity contribution >= 4 is 0 Å². The number of furan rings is 1. The van der Waals surface area contributed by atoms with Crippen LogP contribution in [0.2, 0.25) is 0 Å². The van der Waals surface area contributed by atoms with Crippen molar-refractivity contribution in [1.82, 2.24) is 5.32 Å². The number of ether oxygens (including phenoxy) is 2. The van der Waals surface area contributed by atoms with E-state index in [1.54, 1.807) is 7.11 Å². The number of unbranched alkanes of at least 4 members (excludes halogenated alkanes) is 1. The van der Waals surface area contributed by atoms with Crippen molar-refractivity contribution in [2.24, 2.45) is 0 Å². The SMILES string of the molecule is CCCCOc1ccc(C(C)NCc2ccc(C)o2)cc1OC. The Morgan fingerprint density at radius 1 is 1.17 bits per heavy atom. The normalized spacial score (nSPS) is 12.2. The van der Waals surface area contributed by atoms with Gasteiger partial charge in [0.05, 0.1) is 20.3 Å². The summed E-state index contributed by atoms with van der Waals surface area (Å²) in [4.78, 5) is 0.